The number of carbonyl (C=O) groups excluding carboxylic acids is 3. The second-order valence-electron chi connectivity index (χ2n) is 14.2. The number of nitrogens with zero attached hydrogens (tertiary/aromatic N) is 4. The monoisotopic (exact) mass is 704 g/mol. The number of nitrogens with two attached hydrogens (primary N) is 1. The van der Waals surface area contributed by atoms with Crippen LogP contribution in [0.3, 0.4) is 0 Å². The van der Waals surface area contributed by atoms with E-state index >= 15 is 0 Å². The van der Waals surface area contributed by atoms with Crippen LogP contribution in [0.15, 0.2) is 18.5 Å². The van der Waals surface area contributed by atoms with E-state index in [4.69, 9.17) is 24.7 Å². The van der Waals surface area contributed by atoms with Crippen LogP contribution in [0.1, 0.15) is 92.2 Å². The lowest BCUT2D eigenvalue weighted by atomic mass is 9.93. The normalized spacial score (nSPS) is 21.3. The van der Waals surface area contributed by atoms with Crippen LogP contribution >= 0.6 is 0 Å². The summed E-state index contributed by atoms with van der Waals surface area (Å²) in [6.45, 7) is 12.4. The van der Waals surface area contributed by atoms with Gasteiger partial charge < -0.3 is 50.8 Å². The summed E-state index contributed by atoms with van der Waals surface area (Å²) in [7, 11) is 0. The lowest BCUT2D eigenvalue weighted by molar-refractivity contribution is -0.196. The Hall–Kier alpha value is -4.24. The van der Waals surface area contributed by atoms with Gasteiger partial charge in [0.05, 0.1) is 5.69 Å². The van der Waals surface area contributed by atoms with Crippen molar-refractivity contribution >= 4 is 29.5 Å². The number of amides is 2. The Balaban J connectivity index is 1.40. The number of aliphatic hydroxyl groups is 2. The van der Waals surface area contributed by atoms with Gasteiger partial charge in [-0.1, -0.05) is 6.42 Å². The van der Waals surface area contributed by atoms with Crippen LogP contribution in [-0.2, 0) is 29.3 Å². The predicted molar refractivity (Wildman–Crippen MR) is 180 cm³/mol. The number of aromatic nitrogens is 3. The van der Waals surface area contributed by atoms with Crippen LogP contribution in [0.4, 0.5) is 15.4 Å². The smallest absolute Gasteiger partial charge is 0.407 e. The van der Waals surface area contributed by atoms with Crippen molar-refractivity contribution in [3.63, 3.8) is 0 Å². The first kappa shape index (κ1) is 40.2. The summed E-state index contributed by atoms with van der Waals surface area (Å²) in [5.41, 5.74) is 3.07. The van der Waals surface area contributed by atoms with Gasteiger partial charge in [0.2, 0.25) is 11.9 Å². The zero-order chi connectivity index (χ0) is 37.1. The third-order valence-electron chi connectivity index (χ3n) is 7.59. The molecule has 1 aliphatic heterocycles. The van der Waals surface area contributed by atoms with Crippen LogP contribution in [0.5, 0.6) is 0 Å². The minimum absolute atomic E-state index is 0.0280. The number of hydrogen-bond acceptors (Lipinski definition) is 14. The third-order valence-corrected chi connectivity index (χ3v) is 7.59. The summed E-state index contributed by atoms with van der Waals surface area (Å²) >= 11 is 0. The van der Waals surface area contributed by atoms with Gasteiger partial charge in [-0.25, -0.2) is 19.1 Å². The molecule has 7 N–H and O–H groups in total. The largest absolute Gasteiger partial charge is 0.444 e. The van der Waals surface area contributed by atoms with E-state index in [0.29, 0.717) is 50.8 Å². The molecule has 0 bridgehead atoms. The van der Waals surface area contributed by atoms with Gasteiger partial charge in [0.15, 0.2) is 5.82 Å². The molecule has 3 heterocycles. The Kier molecular flexibility index (Phi) is 14.2. The number of nitrogen functional groups attached to an aromatic ring is 1. The summed E-state index contributed by atoms with van der Waals surface area (Å²) in [4.78, 5) is 40.8. The molecule has 1 saturated heterocycles. The number of ether oxygens (including phenoxy) is 4. The summed E-state index contributed by atoms with van der Waals surface area (Å²) in [6.07, 6.45) is -0.766. The molecule has 1 aliphatic rings. The summed E-state index contributed by atoms with van der Waals surface area (Å²) < 4.78 is 22.9. The van der Waals surface area contributed by atoms with Crippen LogP contribution < -0.4 is 21.7 Å². The van der Waals surface area contributed by atoms with E-state index in [0.717, 1.165) is 12.8 Å². The van der Waals surface area contributed by atoms with Crippen molar-refractivity contribution in [1.82, 2.24) is 30.5 Å². The first-order chi connectivity index (χ1) is 23.5. The second-order valence-corrected chi connectivity index (χ2v) is 14.2. The first-order valence-electron chi connectivity index (χ1n) is 16.9. The number of fused-ring (bicyclic) bond motifs is 1. The predicted octanol–water partition coefficient (Wildman–Crippen LogP) is 2.39. The number of anilines is 1. The van der Waals surface area contributed by atoms with Crippen molar-refractivity contribution in [3.8, 4) is 6.07 Å². The molecule has 1 fully saturated rings. The number of unbranched alkanes of at least 4 members (excludes halogenated alkanes) is 3. The van der Waals surface area contributed by atoms with Gasteiger partial charge in [-0.05, 0) is 92.3 Å². The number of carbonyl (C=O) groups is 3. The van der Waals surface area contributed by atoms with Crippen molar-refractivity contribution in [2.75, 3.05) is 25.4 Å². The maximum absolute atomic E-state index is 12.6. The van der Waals surface area contributed by atoms with E-state index in [1.165, 1.54) is 16.9 Å². The van der Waals surface area contributed by atoms with Crippen molar-refractivity contribution in [2.45, 2.75) is 128 Å². The average molecular weight is 705 g/mol. The highest BCUT2D eigenvalue weighted by molar-refractivity contribution is 5.70. The van der Waals surface area contributed by atoms with Crippen molar-refractivity contribution in [1.29, 1.82) is 5.26 Å². The number of rotatable bonds is 16. The van der Waals surface area contributed by atoms with E-state index in [9.17, 15) is 29.9 Å². The summed E-state index contributed by atoms with van der Waals surface area (Å²) in [5, 5.41) is 44.5. The molecule has 0 radical (unpaired) electrons. The van der Waals surface area contributed by atoms with Gasteiger partial charge in [0, 0.05) is 25.6 Å². The first-order valence-corrected chi connectivity index (χ1v) is 16.9. The van der Waals surface area contributed by atoms with Crippen LogP contribution in [0.25, 0.3) is 5.52 Å². The highest BCUT2D eigenvalue weighted by Gasteiger charge is 2.59. The van der Waals surface area contributed by atoms with Crippen molar-refractivity contribution in [2.24, 2.45) is 0 Å². The zero-order valence-corrected chi connectivity index (χ0v) is 29.7. The Morgan fingerprint density at radius 2 is 1.72 bits per heavy atom. The quantitative estimate of drug-likeness (QED) is 0.0835. The SMILES string of the molecule is CC(C)(C)OC(=O)NCCCC[C@@H](CNCCCCCC(=O)O[C@H]1O[C@@](C#N)(c2ccc3c(N)ncnn23)[C@H](O)[C@@H]1O)NC(=O)OC(C)(C)C. The Labute approximate surface area is 292 Å². The van der Waals surface area contributed by atoms with Crippen molar-refractivity contribution in [3.05, 3.63) is 24.2 Å². The molecule has 278 valence electrons. The fourth-order valence-corrected chi connectivity index (χ4v) is 5.28. The number of aliphatic hydroxyl groups excluding tert-OH is 2. The molecule has 50 heavy (non-hydrogen) atoms. The van der Waals surface area contributed by atoms with E-state index in [1.54, 1.807) is 47.6 Å². The van der Waals surface area contributed by atoms with Crippen LogP contribution in [0, 0.1) is 11.3 Å². The standard InChI is InChI=1S/C33H52N8O9/c1-31(2,3)49-29(45)37-17-11-9-12-21(40-30(46)50-32(4,5)6)18-36-16-10-7-8-13-24(42)47-28-25(43)26(44)33(19-34,48-28)23-15-14-22-27(35)38-20-39-41(22)23/h14-15,20-21,25-26,28,36,43-44H,7-13,16-18H2,1-6H3,(H,37,45)(H,40,46)(H2,35,38,39)/t21-,25-,26+,28-,33-/m0/s1. The summed E-state index contributed by atoms with van der Waals surface area (Å²) in [6, 6.07) is 4.72. The Bertz CT molecular complexity index is 1480. The topological polar surface area (TPSA) is 245 Å². The van der Waals surface area contributed by atoms with Gasteiger partial charge in [0.25, 0.3) is 0 Å². The second kappa shape index (κ2) is 17.6. The molecule has 3 rings (SSSR count). The minimum atomic E-state index is -2.07. The minimum Gasteiger partial charge on any atom is -0.444 e. The lowest BCUT2D eigenvalue weighted by Gasteiger charge is -2.24. The molecule has 2 aromatic rings. The summed E-state index contributed by atoms with van der Waals surface area (Å²) in [5.74, 6) is -0.512. The maximum Gasteiger partial charge on any atom is 0.407 e. The van der Waals surface area contributed by atoms with Crippen molar-refractivity contribution < 1.29 is 43.5 Å². The number of esters is 1. The maximum atomic E-state index is 12.6. The highest BCUT2D eigenvalue weighted by Crippen LogP contribution is 2.40. The average Bonchev–Trinajstić information content (AvgIpc) is 3.55. The van der Waals surface area contributed by atoms with Gasteiger partial charge in [0.1, 0.15) is 41.3 Å². The van der Waals surface area contributed by atoms with E-state index < -0.39 is 53.5 Å². The molecule has 0 aliphatic carbocycles. The molecule has 0 aromatic carbocycles. The molecule has 17 nitrogen and oxygen atoms in total. The number of nitrogens with one attached hydrogen (secondary N) is 3. The Morgan fingerprint density at radius 3 is 2.40 bits per heavy atom. The van der Waals surface area contributed by atoms with Gasteiger partial charge in [-0.2, -0.15) is 10.4 Å². The molecule has 17 heteroatoms. The molecular weight excluding hydrogens is 652 g/mol. The van der Waals surface area contributed by atoms with Gasteiger partial charge in [-0.3, -0.25) is 4.79 Å². The third kappa shape index (κ3) is 11.7. The molecular formula is C33H52N8O9. The van der Waals surface area contributed by atoms with Gasteiger partial charge in [-0.15, -0.1) is 0 Å². The number of alkyl carbamates (subject to hydrolysis) is 2. The van der Waals surface area contributed by atoms with E-state index in [2.05, 4.69) is 26.0 Å². The molecule has 5 atom stereocenters. The van der Waals surface area contributed by atoms with E-state index in [1.807, 2.05) is 6.07 Å². The van der Waals surface area contributed by atoms with E-state index in [-0.39, 0.29) is 24.0 Å². The Morgan fingerprint density at radius 1 is 1.04 bits per heavy atom. The molecule has 0 unspecified atom stereocenters. The molecule has 2 aromatic heterocycles. The van der Waals surface area contributed by atoms with Gasteiger partial charge >= 0.3 is 18.2 Å². The molecule has 0 saturated carbocycles. The fraction of sp³-hybridized carbons (Fsp3) is 0.697. The number of hydrogen-bond donors (Lipinski definition) is 6. The highest BCUT2D eigenvalue weighted by atomic mass is 16.7. The lowest BCUT2D eigenvalue weighted by Crippen LogP contribution is -2.44. The number of nitriles is 1. The fourth-order valence-electron chi connectivity index (χ4n) is 5.28. The zero-order valence-electron chi connectivity index (χ0n) is 29.7. The molecule has 0 spiro atoms. The van der Waals surface area contributed by atoms with Crippen LogP contribution in [0.2, 0.25) is 0 Å². The molecule has 2 amide bonds. The van der Waals surface area contributed by atoms with Crippen LogP contribution in [-0.4, -0.2) is 98.3 Å².